The number of fused-ring (bicyclic) bond motifs is 1. The number of rotatable bonds is 6. The Kier molecular flexibility index (Phi) is 5.52. The predicted octanol–water partition coefficient (Wildman–Crippen LogP) is 3.33. The van der Waals surface area contributed by atoms with Crippen molar-refractivity contribution >= 4 is 34.3 Å². The standard InChI is InChI=1S/C24H25N7O2/c1-30(18-10-12-31(14-18)23-20-9-11-25-22(20)27-15-28-23)21-8-3-16(13-26-21)24(32)29-17-4-6-19(33-2)7-5-17/h3-9,11,13,15,18H,10,12,14H2,1-2H3,(H,29,32)(H,25,27,28)/t18-/m1/s1. The lowest BCUT2D eigenvalue weighted by molar-refractivity contribution is 0.102. The lowest BCUT2D eigenvalue weighted by Gasteiger charge is -2.26. The van der Waals surface area contributed by atoms with Gasteiger partial charge in [-0.25, -0.2) is 15.0 Å². The fourth-order valence-electron chi connectivity index (χ4n) is 4.15. The molecule has 1 saturated heterocycles. The highest BCUT2D eigenvalue weighted by atomic mass is 16.5. The van der Waals surface area contributed by atoms with Gasteiger partial charge in [-0.15, -0.1) is 0 Å². The molecule has 0 aliphatic carbocycles. The quantitative estimate of drug-likeness (QED) is 0.472. The van der Waals surface area contributed by atoms with E-state index in [1.807, 2.05) is 25.4 Å². The van der Waals surface area contributed by atoms with Crippen molar-refractivity contribution in [3.05, 3.63) is 66.7 Å². The van der Waals surface area contributed by atoms with Gasteiger partial charge in [-0.1, -0.05) is 0 Å². The number of carbonyl (C=O) groups excluding carboxylic acids is 1. The highest BCUT2D eigenvalue weighted by Gasteiger charge is 2.28. The molecule has 1 aliphatic rings. The van der Waals surface area contributed by atoms with E-state index in [1.165, 1.54) is 0 Å². The van der Waals surface area contributed by atoms with Crippen LogP contribution >= 0.6 is 0 Å². The molecule has 0 saturated carbocycles. The van der Waals surface area contributed by atoms with Crippen LogP contribution in [0.3, 0.4) is 0 Å². The number of likely N-dealkylation sites (N-methyl/N-ethyl adjacent to an activating group) is 1. The molecule has 1 aromatic carbocycles. The molecule has 9 nitrogen and oxygen atoms in total. The third-order valence-electron chi connectivity index (χ3n) is 6.06. The Balaban J connectivity index is 1.23. The van der Waals surface area contributed by atoms with E-state index >= 15 is 0 Å². The van der Waals surface area contributed by atoms with Crippen LogP contribution in [0.1, 0.15) is 16.8 Å². The van der Waals surface area contributed by atoms with Crippen LogP contribution in [0.4, 0.5) is 17.3 Å². The van der Waals surface area contributed by atoms with Gasteiger partial charge in [0, 0.05) is 44.3 Å². The van der Waals surface area contributed by atoms with Crippen LogP contribution in [-0.4, -0.2) is 59.1 Å². The summed E-state index contributed by atoms with van der Waals surface area (Å²) in [7, 11) is 3.65. The Labute approximate surface area is 191 Å². The Hall–Kier alpha value is -4.14. The van der Waals surface area contributed by atoms with Gasteiger partial charge in [-0.05, 0) is 48.9 Å². The van der Waals surface area contributed by atoms with Crippen LogP contribution in [-0.2, 0) is 0 Å². The Morgan fingerprint density at radius 3 is 2.76 bits per heavy atom. The molecule has 1 fully saturated rings. The van der Waals surface area contributed by atoms with Gasteiger partial charge in [-0.3, -0.25) is 4.79 Å². The number of aromatic amines is 1. The second-order valence-corrected chi connectivity index (χ2v) is 8.02. The number of hydrogen-bond donors (Lipinski definition) is 2. The van der Waals surface area contributed by atoms with Crippen LogP contribution in [0.2, 0.25) is 0 Å². The molecule has 0 bridgehead atoms. The summed E-state index contributed by atoms with van der Waals surface area (Å²) in [5.41, 5.74) is 2.06. The van der Waals surface area contributed by atoms with Crippen LogP contribution in [0.25, 0.3) is 11.0 Å². The number of hydrogen-bond acceptors (Lipinski definition) is 7. The third-order valence-corrected chi connectivity index (χ3v) is 6.06. The van der Waals surface area contributed by atoms with Gasteiger partial charge < -0.3 is 24.8 Å². The van der Waals surface area contributed by atoms with Gasteiger partial charge in [0.05, 0.1) is 18.1 Å². The fraction of sp³-hybridized carbons (Fsp3) is 0.250. The number of nitrogens with one attached hydrogen (secondary N) is 2. The van der Waals surface area contributed by atoms with Crippen molar-refractivity contribution in [1.82, 2.24) is 19.9 Å². The summed E-state index contributed by atoms with van der Waals surface area (Å²) in [5, 5.41) is 3.91. The Morgan fingerprint density at radius 1 is 1.15 bits per heavy atom. The van der Waals surface area contributed by atoms with Crippen molar-refractivity contribution in [2.75, 3.05) is 42.4 Å². The zero-order chi connectivity index (χ0) is 22.8. The molecular weight excluding hydrogens is 418 g/mol. The van der Waals surface area contributed by atoms with Crippen LogP contribution in [0.15, 0.2) is 61.2 Å². The van der Waals surface area contributed by atoms with E-state index in [2.05, 4.69) is 35.1 Å². The second-order valence-electron chi connectivity index (χ2n) is 8.02. The molecule has 5 rings (SSSR count). The summed E-state index contributed by atoms with van der Waals surface area (Å²) < 4.78 is 5.15. The summed E-state index contributed by atoms with van der Waals surface area (Å²) in [5.74, 6) is 2.32. The van der Waals surface area contributed by atoms with Gasteiger partial charge >= 0.3 is 0 Å². The number of ether oxygens (including phenoxy) is 1. The van der Waals surface area contributed by atoms with Crippen molar-refractivity contribution in [2.45, 2.75) is 12.5 Å². The molecule has 0 spiro atoms. The zero-order valence-electron chi connectivity index (χ0n) is 18.5. The maximum Gasteiger partial charge on any atom is 0.257 e. The van der Waals surface area contributed by atoms with E-state index in [-0.39, 0.29) is 5.91 Å². The van der Waals surface area contributed by atoms with Gasteiger partial charge in [0.2, 0.25) is 0 Å². The first kappa shape index (κ1) is 20.7. The first-order chi connectivity index (χ1) is 16.1. The minimum Gasteiger partial charge on any atom is -0.497 e. The average Bonchev–Trinajstić information content (AvgIpc) is 3.54. The molecule has 1 amide bonds. The fourth-order valence-corrected chi connectivity index (χ4v) is 4.15. The number of nitrogens with zero attached hydrogens (tertiary/aromatic N) is 5. The molecule has 3 aromatic heterocycles. The van der Waals surface area contributed by atoms with Crippen molar-refractivity contribution in [2.24, 2.45) is 0 Å². The van der Waals surface area contributed by atoms with Gasteiger partial charge in [-0.2, -0.15) is 0 Å². The van der Waals surface area contributed by atoms with Crippen molar-refractivity contribution in [3.8, 4) is 5.75 Å². The summed E-state index contributed by atoms with van der Waals surface area (Å²) in [6.45, 7) is 1.75. The summed E-state index contributed by atoms with van der Waals surface area (Å²) in [6.07, 6.45) is 6.10. The molecule has 1 aliphatic heterocycles. The highest BCUT2D eigenvalue weighted by Crippen LogP contribution is 2.28. The predicted molar refractivity (Wildman–Crippen MR) is 128 cm³/mol. The number of amides is 1. The zero-order valence-corrected chi connectivity index (χ0v) is 18.5. The Morgan fingerprint density at radius 2 is 2.00 bits per heavy atom. The number of methoxy groups -OCH3 is 1. The van der Waals surface area contributed by atoms with Crippen molar-refractivity contribution in [3.63, 3.8) is 0 Å². The van der Waals surface area contributed by atoms with Crippen molar-refractivity contribution < 1.29 is 9.53 Å². The molecule has 2 N–H and O–H groups in total. The number of H-pyrrole nitrogens is 1. The molecule has 33 heavy (non-hydrogen) atoms. The molecule has 4 heterocycles. The van der Waals surface area contributed by atoms with Crippen LogP contribution in [0.5, 0.6) is 5.75 Å². The van der Waals surface area contributed by atoms with Gasteiger partial charge in [0.15, 0.2) is 0 Å². The van der Waals surface area contributed by atoms with Gasteiger partial charge in [0.1, 0.15) is 29.4 Å². The number of pyridine rings is 1. The maximum atomic E-state index is 12.6. The number of carbonyl (C=O) groups is 1. The number of aromatic nitrogens is 4. The van der Waals surface area contributed by atoms with E-state index in [9.17, 15) is 4.79 Å². The van der Waals surface area contributed by atoms with Crippen LogP contribution in [0, 0.1) is 0 Å². The van der Waals surface area contributed by atoms with E-state index in [4.69, 9.17) is 4.74 Å². The first-order valence-electron chi connectivity index (χ1n) is 10.8. The second kappa shape index (κ2) is 8.78. The summed E-state index contributed by atoms with van der Waals surface area (Å²) >= 11 is 0. The smallest absolute Gasteiger partial charge is 0.257 e. The van der Waals surface area contributed by atoms with E-state index in [0.29, 0.717) is 17.3 Å². The minimum atomic E-state index is -0.201. The molecular formula is C24H25N7O2. The van der Waals surface area contributed by atoms with E-state index in [0.717, 1.165) is 47.9 Å². The maximum absolute atomic E-state index is 12.6. The lowest BCUT2D eigenvalue weighted by Crippen LogP contribution is -2.35. The largest absolute Gasteiger partial charge is 0.497 e. The monoisotopic (exact) mass is 443 g/mol. The SMILES string of the molecule is COc1ccc(NC(=O)c2ccc(N(C)[C@@H]3CCN(c4ncnc5[nH]ccc45)C3)nc2)cc1. The number of benzene rings is 1. The highest BCUT2D eigenvalue weighted by molar-refractivity contribution is 6.04. The third kappa shape index (κ3) is 4.17. The van der Waals surface area contributed by atoms with E-state index < -0.39 is 0 Å². The molecule has 0 radical (unpaired) electrons. The van der Waals surface area contributed by atoms with Crippen molar-refractivity contribution in [1.29, 1.82) is 0 Å². The molecule has 0 unspecified atom stereocenters. The summed E-state index contributed by atoms with van der Waals surface area (Å²) in [6, 6.07) is 13.2. The average molecular weight is 444 g/mol. The Bertz CT molecular complexity index is 1250. The minimum absolute atomic E-state index is 0.201. The molecule has 4 aromatic rings. The molecule has 1 atom stereocenters. The number of anilines is 3. The van der Waals surface area contributed by atoms with E-state index in [1.54, 1.807) is 50.0 Å². The molecule has 9 heteroatoms. The summed E-state index contributed by atoms with van der Waals surface area (Å²) in [4.78, 5) is 33.5. The topological polar surface area (TPSA) is 99.3 Å². The first-order valence-corrected chi connectivity index (χ1v) is 10.8. The lowest BCUT2D eigenvalue weighted by atomic mass is 10.2. The van der Waals surface area contributed by atoms with Crippen LogP contribution < -0.4 is 19.9 Å². The molecule has 168 valence electrons. The normalized spacial score (nSPS) is 15.6. The van der Waals surface area contributed by atoms with Gasteiger partial charge in [0.25, 0.3) is 5.91 Å².